The van der Waals surface area contributed by atoms with Crippen LogP contribution in [0.1, 0.15) is 28.8 Å². The summed E-state index contributed by atoms with van der Waals surface area (Å²) in [5, 5.41) is 4.00. The number of hydrogen-bond donors (Lipinski definition) is 1. The zero-order valence-corrected chi connectivity index (χ0v) is 13.7. The highest BCUT2D eigenvalue weighted by atomic mass is 16.3. The lowest BCUT2D eigenvalue weighted by Crippen LogP contribution is -2.18. The van der Waals surface area contributed by atoms with E-state index in [-0.39, 0.29) is 5.91 Å². The molecule has 0 aliphatic carbocycles. The number of carbonyl (C=O) groups excluding carboxylic acids is 1. The molecule has 4 rings (SSSR count). The fraction of sp³-hybridized carbons (Fsp3) is 0.250. The standard InChI is InChI=1S/C20H20N2O2/c1-14-12-17(22-9-2-3-10-22)6-7-18(14)21-20(23)16-5-4-15-8-11-24-19(15)13-16/h4-8,11-13H,2-3,9-10H2,1H3,(H,21,23). The van der Waals surface area contributed by atoms with Crippen LogP contribution in [0.15, 0.2) is 53.1 Å². The van der Waals surface area contributed by atoms with Gasteiger partial charge in [0.15, 0.2) is 0 Å². The van der Waals surface area contributed by atoms with Crippen LogP contribution in [0, 0.1) is 6.92 Å². The highest BCUT2D eigenvalue weighted by molar-refractivity contribution is 6.06. The van der Waals surface area contributed by atoms with E-state index in [0.29, 0.717) is 5.56 Å². The molecule has 24 heavy (non-hydrogen) atoms. The summed E-state index contributed by atoms with van der Waals surface area (Å²) in [7, 11) is 0. The first-order valence-electron chi connectivity index (χ1n) is 8.35. The number of hydrogen-bond acceptors (Lipinski definition) is 3. The van der Waals surface area contributed by atoms with E-state index in [1.165, 1.54) is 18.5 Å². The van der Waals surface area contributed by atoms with E-state index >= 15 is 0 Å². The highest BCUT2D eigenvalue weighted by Crippen LogP contribution is 2.26. The molecule has 4 heteroatoms. The largest absolute Gasteiger partial charge is 0.464 e. The number of aryl methyl sites for hydroxylation is 1. The van der Waals surface area contributed by atoms with Crippen LogP contribution in [-0.2, 0) is 0 Å². The Morgan fingerprint density at radius 1 is 1.08 bits per heavy atom. The Kier molecular flexibility index (Phi) is 3.73. The lowest BCUT2D eigenvalue weighted by atomic mass is 10.1. The van der Waals surface area contributed by atoms with E-state index in [0.717, 1.165) is 35.3 Å². The molecule has 0 atom stereocenters. The van der Waals surface area contributed by atoms with Crippen LogP contribution in [0.4, 0.5) is 11.4 Å². The molecule has 1 amide bonds. The van der Waals surface area contributed by atoms with Crippen LogP contribution in [0.3, 0.4) is 0 Å². The van der Waals surface area contributed by atoms with Gasteiger partial charge in [-0.3, -0.25) is 4.79 Å². The summed E-state index contributed by atoms with van der Waals surface area (Å²) in [6.07, 6.45) is 4.15. The van der Waals surface area contributed by atoms with Crippen molar-refractivity contribution in [3.8, 4) is 0 Å². The van der Waals surface area contributed by atoms with Crippen molar-refractivity contribution >= 4 is 28.3 Å². The number of rotatable bonds is 3. The molecule has 0 saturated carbocycles. The normalized spacial score (nSPS) is 14.3. The fourth-order valence-corrected chi connectivity index (χ4v) is 3.25. The molecule has 1 aliphatic rings. The molecule has 1 fully saturated rings. The molecule has 1 aliphatic heterocycles. The second-order valence-electron chi connectivity index (χ2n) is 6.32. The average molecular weight is 320 g/mol. The van der Waals surface area contributed by atoms with Gasteiger partial charge in [-0.2, -0.15) is 0 Å². The minimum Gasteiger partial charge on any atom is -0.464 e. The third-order valence-corrected chi connectivity index (χ3v) is 4.65. The minimum atomic E-state index is -0.120. The summed E-state index contributed by atoms with van der Waals surface area (Å²) >= 11 is 0. The van der Waals surface area contributed by atoms with Gasteiger partial charge in [-0.15, -0.1) is 0 Å². The molecule has 4 nitrogen and oxygen atoms in total. The molecule has 0 radical (unpaired) electrons. The molecule has 0 spiro atoms. The maximum absolute atomic E-state index is 12.5. The second-order valence-corrected chi connectivity index (χ2v) is 6.32. The molecular formula is C20H20N2O2. The first-order chi connectivity index (χ1) is 11.7. The van der Waals surface area contributed by atoms with Crippen LogP contribution in [-0.4, -0.2) is 19.0 Å². The number of nitrogens with one attached hydrogen (secondary N) is 1. The molecule has 0 unspecified atom stereocenters. The number of anilines is 2. The predicted molar refractivity (Wildman–Crippen MR) is 96.8 cm³/mol. The summed E-state index contributed by atoms with van der Waals surface area (Å²) in [5.41, 5.74) is 4.48. The first kappa shape index (κ1) is 14.8. The monoisotopic (exact) mass is 320 g/mol. The lowest BCUT2D eigenvalue weighted by Gasteiger charge is -2.19. The van der Waals surface area contributed by atoms with Crippen molar-refractivity contribution in [3.05, 3.63) is 59.9 Å². The van der Waals surface area contributed by atoms with E-state index < -0.39 is 0 Å². The van der Waals surface area contributed by atoms with Gasteiger partial charge in [0.05, 0.1) is 6.26 Å². The first-order valence-corrected chi connectivity index (χ1v) is 8.35. The van der Waals surface area contributed by atoms with Crippen molar-refractivity contribution in [2.24, 2.45) is 0 Å². The van der Waals surface area contributed by atoms with E-state index in [2.05, 4.69) is 22.3 Å². The van der Waals surface area contributed by atoms with Gasteiger partial charge in [0.25, 0.3) is 5.91 Å². The van der Waals surface area contributed by atoms with Crippen molar-refractivity contribution in [2.45, 2.75) is 19.8 Å². The smallest absolute Gasteiger partial charge is 0.255 e. The Balaban J connectivity index is 1.54. The van der Waals surface area contributed by atoms with Gasteiger partial charge in [0, 0.05) is 35.4 Å². The van der Waals surface area contributed by atoms with Crippen molar-refractivity contribution in [2.75, 3.05) is 23.3 Å². The molecule has 0 bridgehead atoms. The minimum absolute atomic E-state index is 0.120. The zero-order valence-electron chi connectivity index (χ0n) is 13.7. The second kappa shape index (κ2) is 6.04. The highest BCUT2D eigenvalue weighted by Gasteiger charge is 2.14. The van der Waals surface area contributed by atoms with Crippen LogP contribution in [0.25, 0.3) is 11.0 Å². The van der Waals surface area contributed by atoms with Crippen molar-refractivity contribution < 1.29 is 9.21 Å². The molecule has 122 valence electrons. The quantitative estimate of drug-likeness (QED) is 0.767. The fourth-order valence-electron chi connectivity index (χ4n) is 3.25. The molecule has 2 aromatic carbocycles. The zero-order chi connectivity index (χ0) is 16.5. The third-order valence-electron chi connectivity index (χ3n) is 4.65. The van der Waals surface area contributed by atoms with Gasteiger partial charge in [-0.1, -0.05) is 6.07 Å². The van der Waals surface area contributed by atoms with E-state index in [9.17, 15) is 4.79 Å². The lowest BCUT2D eigenvalue weighted by molar-refractivity contribution is 0.102. The molecule has 1 N–H and O–H groups in total. The van der Waals surface area contributed by atoms with Gasteiger partial charge < -0.3 is 14.6 Å². The Bertz CT molecular complexity index is 892. The maximum atomic E-state index is 12.5. The van der Waals surface area contributed by atoms with E-state index in [1.807, 2.05) is 31.2 Å². The van der Waals surface area contributed by atoms with Gasteiger partial charge in [-0.25, -0.2) is 0 Å². The van der Waals surface area contributed by atoms with Crippen LogP contribution in [0.5, 0.6) is 0 Å². The third kappa shape index (κ3) is 2.75. The Morgan fingerprint density at radius 3 is 2.71 bits per heavy atom. The van der Waals surface area contributed by atoms with Gasteiger partial charge in [0.2, 0.25) is 0 Å². The number of carbonyl (C=O) groups is 1. The Hall–Kier alpha value is -2.75. The van der Waals surface area contributed by atoms with Crippen molar-refractivity contribution in [1.29, 1.82) is 0 Å². The number of nitrogens with zero attached hydrogens (tertiary/aromatic N) is 1. The Morgan fingerprint density at radius 2 is 1.92 bits per heavy atom. The number of amides is 1. The maximum Gasteiger partial charge on any atom is 0.255 e. The molecule has 1 aromatic heterocycles. The topological polar surface area (TPSA) is 45.5 Å². The summed E-state index contributed by atoms with van der Waals surface area (Å²) in [5.74, 6) is -0.120. The van der Waals surface area contributed by atoms with Crippen LogP contribution >= 0.6 is 0 Å². The number of fused-ring (bicyclic) bond motifs is 1. The van der Waals surface area contributed by atoms with E-state index in [4.69, 9.17) is 4.42 Å². The van der Waals surface area contributed by atoms with Gasteiger partial charge >= 0.3 is 0 Å². The van der Waals surface area contributed by atoms with Crippen molar-refractivity contribution in [3.63, 3.8) is 0 Å². The average Bonchev–Trinajstić information content (AvgIpc) is 3.27. The summed E-state index contributed by atoms with van der Waals surface area (Å²) in [4.78, 5) is 14.9. The van der Waals surface area contributed by atoms with Gasteiger partial charge in [0.1, 0.15) is 5.58 Å². The van der Waals surface area contributed by atoms with Crippen molar-refractivity contribution in [1.82, 2.24) is 0 Å². The van der Waals surface area contributed by atoms with Crippen LogP contribution < -0.4 is 10.2 Å². The molecule has 1 saturated heterocycles. The van der Waals surface area contributed by atoms with Crippen LogP contribution in [0.2, 0.25) is 0 Å². The molecule has 2 heterocycles. The molecule has 3 aromatic rings. The number of furan rings is 1. The van der Waals surface area contributed by atoms with E-state index in [1.54, 1.807) is 12.3 Å². The summed E-state index contributed by atoms with van der Waals surface area (Å²) < 4.78 is 5.37. The summed E-state index contributed by atoms with van der Waals surface area (Å²) in [6.45, 7) is 4.27. The summed E-state index contributed by atoms with van der Waals surface area (Å²) in [6, 6.07) is 13.6. The number of benzene rings is 2. The predicted octanol–water partition coefficient (Wildman–Crippen LogP) is 4.59. The Labute approximate surface area is 141 Å². The molecular weight excluding hydrogens is 300 g/mol. The van der Waals surface area contributed by atoms with Gasteiger partial charge in [-0.05, 0) is 61.7 Å². The SMILES string of the molecule is Cc1cc(N2CCCC2)ccc1NC(=O)c1ccc2ccoc2c1.